The van der Waals surface area contributed by atoms with Gasteiger partial charge in [-0.2, -0.15) is 11.3 Å². The van der Waals surface area contributed by atoms with Crippen molar-refractivity contribution >= 4 is 169 Å². The molecule has 0 radical (unpaired) electrons. The Balaban J connectivity index is 1.02. The summed E-state index contributed by atoms with van der Waals surface area (Å²) in [5, 5.41) is 5.07. The molecule has 0 saturated carbocycles. The molecule has 0 amide bonds. The van der Waals surface area contributed by atoms with E-state index in [1.165, 1.54) is 144 Å². The molecule has 7 aliphatic heterocycles. The van der Waals surface area contributed by atoms with Crippen molar-refractivity contribution in [3.8, 4) is 0 Å². The second-order valence-electron chi connectivity index (χ2n) is 18.6. The molecule has 8 heterocycles. The van der Waals surface area contributed by atoms with Crippen LogP contribution in [-0.2, 0) is 0 Å². The third-order valence-corrected chi connectivity index (χ3v) is 17.0. The average molecular weight is 845 g/mol. The summed E-state index contributed by atoms with van der Waals surface area (Å²) in [6.45, 7) is 0.0456. The molecule has 7 aliphatic rings. The van der Waals surface area contributed by atoms with Crippen LogP contribution in [0, 0.1) is 0 Å². The lowest BCUT2D eigenvalue weighted by atomic mass is 9.34. The third-order valence-electron chi connectivity index (χ3n) is 15.7. The van der Waals surface area contributed by atoms with Crippen LogP contribution in [0.25, 0.3) is 21.5 Å². The van der Waals surface area contributed by atoms with E-state index in [1.54, 1.807) is 0 Å². The van der Waals surface area contributed by atoms with Gasteiger partial charge in [-0.15, -0.1) is 0 Å². The monoisotopic (exact) mass is 844 g/mol. The summed E-state index contributed by atoms with van der Waals surface area (Å²) in [5.74, 6) is 0. The van der Waals surface area contributed by atoms with E-state index in [9.17, 15) is 0 Å². The van der Waals surface area contributed by atoms with Gasteiger partial charge in [0.2, 0.25) is 0 Å². The minimum absolute atomic E-state index is 0.0228. The fourth-order valence-corrected chi connectivity index (χ4v) is 14.6. The fourth-order valence-electron chi connectivity index (χ4n) is 13.1. The molecule has 65 heavy (non-hydrogen) atoms. The van der Waals surface area contributed by atoms with Crippen molar-refractivity contribution in [2.24, 2.45) is 0 Å². The maximum Gasteiger partial charge on any atom is 0.264 e. The van der Waals surface area contributed by atoms with Crippen molar-refractivity contribution in [1.82, 2.24) is 0 Å². The topological polar surface area (TPSA) is 19.4 Å². The minimum atomic E-state index is 0.0228. The van der Waals surface area contributed by atoms with Crippen molar-refractivity contribution in [2.45, 2.75) is 0 Å². The van der Waals surface area contributed by atoms with Crippen LogP contribution >= 0.6 is 11.3 Å². The summed E-state index contributed by atoms with van der Waals surface area (Å²) in [7, 11) is 4.49. The number of hydrogen-bond acceptors (Lipinski definition) is 7. The molecule has 0 fully saturated rings. The van der Waals surface area contributed by atoms with Gasteiger partial charge in [-0.1, -0.05) is 97.1 Å². The molecule has 0 saturated heterocycles. The van der Waals surface area contributed by atoms with Crippen LogP contribution in [-0.4, -0.2) is 27.5 Å². The molecule has 1 aromatic heterocycles. The maximum absolute atomic E-state index is 2.65. The van der Waals surface area contributed by atoms with E-state index in [0.29, 0.717) is 0 Å². The fraction of sp³-hybridized carbons (Fsp3) is 0.0357. The Kier molecular flexibility index (Phi) is 5.83. The molecular formula is C56H34B2N6S. The summed E-state index contributed by atoms with van der Waals surface area (Å²) in [5.41, 5.74) is 25.6. The van der Waals surface area contributed by atoms with Crippen molar-refractivity contribution < 1.29 is 0 Å². The standard InChI is InChI=1S/C56H34B2N6S/c1-59-37-17-7-9-19-39(37)63-47-29-33-15-5-3-13-31(33)27-35(47)57-49-43(23-25-45(59)51(49)63)61-41-21-11-12-22-42(41)62-44-24-26-46-52-50(44)58(56-54(62)53(61)55(57)65-56)36-28-32-14-4-6-16-34(32)30-48(36)64(52)40-20-10-8-18-38(40)60(46)2/h3-30H,1-2H3. The quantitative estimate of drug-likeness (QED) is 0.141. The summed E-state index contributed by atoms with van der Waals surface area (Å²) >= 11 is 2.06. The summed E-state index contributed by atoms with van der Waals surface area (Å²) in [6, 6.07) is 64.5. The molecule has 0 bridgehead atoms. The van der Waals surface area contributed by atoms with Crippen LogP contribution in [0.3, 0.4) is 0 Å². The Hall–Kier alpha value is -7.87. The number of benzene rings is 9. The van der Waals surface area contributed by atoms with Crippen molar-refractivity contribution in [3.05, 3.63) is 170 Å². The van der Waals surface area contributed by atoms with E-state index in [-0.39, 0.29) is 13.4 Å². The van der Waals surface area contributed by atoms with E-state index in [0.717, 1.165) is 0 Å². The number of hydrogen-bond donors (Lipinski definition) is 0. The molecule has 0 aliphatic carbocycles. The molecule has 17 rings (SSSR count). The zero-order valence-electron chi connectivity index (χ0n) is 35.4. The highest BCUT2D eigenvalue weighted by Gasteiger charge is 2.55. The Morgan fingerprint density at radius 2 is 0.631 bits per heavy atom. The summed E-state index contributed by atoms with van der Waals surface area (Å²) < 4.78 is 2.84. The highest BCUT2D eigenvalue weighted by molar-refractivity contribution is 7.39. The van der Waals surface area contributed by atoms with Crippen molar-refractivity contribution in [2.75, 3.05) is 43.5 Å². The molecule has 9 heteroatoms. The predicted octanol–water partition coefficient (Wildman–Crippen LogP) is 10.7. The molecule has 0 spiro atoms. The first-order chi connectivity index (χ1) is 32.1. The number of nitrogens with zero attached hydrogens (tertiary/aromatic N) is 6. The van der Waals surface area contributed by atoms with Gasteiger partial charge in [-0.3, -0.25) is 0 Å². The van der Waals surface area contributed by atoms with Gasteiger partial charge in [-0.05, 0) is 116 Å². The van der Waals surface area contributed by atoms with E-state index in [1.807, 2.05) is 0 Å². The van der Waals surface area contributed by atoms with Gasteiger partial charge >= 0.3 is 0 Å². The van der Waals surface area contributed by atoms with E-state index in [4.69, 9.17) is 0 Å². The molecule has 9 aromatic carbocycles. The lowest BCUT2D eigenvalue weighted by Crippen LogP contribution is -2.61. The van der Waals surface area contributed by atoms with E-state index < -0.39 is 0 Å². The highest BCUT2D eigenvalue weighted by atomic mass is 32.1. The number of para-hydroxylation sites is 6. The first-order valence-corrected chi connectivity index (χ1v) is 23.4. The van der Waals surface area contributed by atoms with Gasteiger partial charge in [0.1, 0.15) is 0 Å². The zero-order chi connectivity index (χ0) is 42.1. The second-order valence-corrected chi connectivity index (χ2v) is 19.7. The highest BCUT2D eigenvalue weighted by Crippen LogP contribution is 2.62. The Labute approximate surface area is 380 Å². The lowest BCUT2D eigenvalue weighted by molar-refractivity contribution is 1.12. The second kappa shape index (κ2) is 11.3. The molecule has 300 valence electrons. The average Bonchev–Trinajstić information content (AvgIpc) is 3.75. The van der Waals surface area contributed by atoms with Gasteiger partial charge in [0.15, 0.2) is 0 Å². The van der Waals surface area contributed by atoms with Crippen LogP contribution in [0.4, 0.5) is 91.0 Å². The Bertz CT molecular complexity index is 3670. The molecule has 0 unspecified atom stereocenters. The lowest BCUT2D eigenvalue weighted by Gasteiger charge is -2.51. The van der Waals surface area contributed by atoms with Crippen LogP contribution in [0.1, 0.15) is 0 Å². The maximum atomic E-state index is 2.65. The van der Waals surface area contributed by atoms with Gasteiger partial charge in [0.05, 0.1) is 68.2 Å². The smallest absolute Gasteiger partial charge is 0.264 e. The minimum Gasteiger partial charge on any atom is -0.341 e. The Morgan fingerprint density at radius 3 is 1.05 bits per heavy atom. The first kappa shape index (κ1) is 33.7. The largest absolute Gasteiger partial charge is 0.341 e. The van der Waals surface area contributed by atoms with Gasteiger partial charge in [0, 0.05) is 46.4 Å². The zero-order valence-corrected chi connectivity index (χ0v) is 36.2. The molecular weight excluding hydrogens is 810 g/mol. The van der Waals surface area contributed by atoms with Gasteiger partial charge < -0.3 is 29.4 Å². The number of anilines is 16. The van der Waals surface area contributed by atoms with Gasteiger partial charge in [-0.25, -0.2) is 0 Å². The van der Waals surface area contributed by atoms with Crippen molar-refractivity contribution in [1.29, 1.82) is 0 Å². The van der Waals surface area contributed by atoms with Crippen molar-refractivity contribution in [3.63, 3.8) is 0 Å². The third kappa shape index (κ3) is 3.76. The van der Waals surface area contributed by atoms with E-state index >= 15 is 0 Å². The Morgan fingerprint density at radius 1 is 0.308 bits per heavy atom. The molecule has 0 N–H and O–H groups in total. The molecule has 0 atom stereocenters. The number of thiophene rings is 1. The first-order valence-electron chi connectivity index (χ1n) is 22.6. The number of rotatable bonds is 0. The molecule has 6 nitrogen and oxygen atoms in total. The van der Waals surface area contributed by atoms with Crippen LogP contribution in [0.2, 0.25) is 0 Å². The normalized spacial score (nSPS) is 15.3. The van der Waals surface area contributed by atoms with Gasteiger partial charge in [0.25, 0.3) is 13.4 Å². The van der Waals surface area contributed by atoms with E-state index in [2.05, 4.69) is 225 Å². The van der Waals surface area contributed by atoms with Crippen LogP contribution in [0.5, 0.6) is 0 Å². The SMILES string of the molecule is CN1c2ccccc2N2c3cc4ccccc4cc3B3c4sc5c6c4N(c4ccccc4N6c4ccc6c7c4B5c4cc5ccccc5cc4N7c4ccccc4N6C)c4ccc1c2c43. The predicted molar refractivity (Wildman–Crippen MR) is 277 cm³/mol. The van der Waals surface area contributed by atoms with Crippen LogP contribution < -0.4 is 60.8 Å². The van der Waals surface area contributed by atoms with Crippen LogP contribution in [0.15, 0.2) is 170 Å². The molecule has 10 aromatic rings. The number of fused-ring (bicyclic) bond motifs is 19. The summed E-state index contributed by atoms with van der Waals surface area (Å²) in [6.07, 6.45) is 0. The summed E-state index contributed by atoms with van der Waals surface area (Å²) in [4.78, 5) is 15.3.